The molecule has 23 heavy (non-hydrogen) atoms. The summed E-state index contributed by atoms with van der Waals surface area (Å²) in [5.41, 5.74) is 0. The third-order valence-corrected chi connectivity index (χ3v) is 3.70. The van der Waals surface area contributed by atoms with Gasteiger partial charge in [0, 0.05) is 6.08 Å². The van der Waals surface area contributed by atoms with Crippen molar-refractivity contribution in [2.24, 2.45) is 5.92 Å². The van der Waals surface area contributed by atoms with Crippen LogP contribution in [0, 0.1) is 11.7 Å². The molecule has 1 aliphatic rings. The number of ether oxygens (including phenoxy) is 1. The van der Waals surface area contributed by atoms with E-state index in [1.54, 1.807) is 0 Å². The van der Waals surface area contributed by atoms with Crippen LogP contribution in [0.25, 0.3) is 0 Å². The van der Waals surface area contributed by atoms with E-state index < -0.39 is 23.7 Å². The smallest absolute Gasteiger partial charge is 0.326 e. The van der Waals surface area contributed by atoms with Crippen molar-refractivity contribution in [1.29, 1.82) is 0 Å². The first kappa shape index (κ1) is 17.3. The molecule has 1 heterocycles. The standard InChI is InChI=1S/C16H17ClFNO4/c1-9(2)6-12(16(21)22)19-8-10(7-14(19)20)23-13-5-3-4-11(17)15(13)18/h3-5,7,9,12H,6,8H2,1-2H3,(H,21,22). The van der Waals surface area contributed by atoms with E-state index in [-0.39, 0.29) is 29.0 Å². The zero-order valence-electron chi connectivity index (χ0n) is 12.8. The average Bonchev–Trinajstić information content (AvgIpc) is 2.81. The van der Waals surface area contributed by atoms with E-state index in [4.69, 9.17) is 16.3 Å². The Morgan fingerprint density at radius 3 is 2.78 bits per heavy atom. The highest BCUT2D eigenvalue weighted by atomic mass is 35.5. The number of carbonyl (C=O) groups is 2. The molecule has 5 nitrogen and oxygen atoms in total. The fourth-order valence-corrected chi connectivity index (χ4v) is 2.52. The first-order chi connectivity index (χ1) is 10.8. The molecule has 1 aromatic rings. The van der Waals surface area contributed by atoms with E-state index >= 15 is 0 Å². The molecule has 1 aliphatic heterocycles. The van der Waals surface area contributed by atoms with Gasteiger partial charge in [0.2, 0.25) is 0 Å². The maximum absolute atomic E-state index is 13.8. The summed E-state index contributed by atoms with van der Waals surface area (Å²) in [5, 5.41) is 9.23. The second-order valence-corrected chi connectivity index (χ2v) is 6.12. The lowest BCUT2D eigenvalue weighted by Gasteiger charge is -2.25. The normalized spacial score (nSPS) is 15.8. The molecule has 0 saturated heterocycles. The van der Waals surface area contributed by atoms with Gasteiger partial charge in [-0.1, -0.05) is 31.5 Å². The Bertz CT molecular complexity index is 659. The van der Waals surface area contributed by atoms with Crippen LogP contribution in [0.15, 0.2) is 30.0 Å². The van der Waals surface area contributed by atoms with E-state index in [9.17, 15) is 19.1 Å². The van der Waals surface area contributed by atoms with Crippen molar-refractivity contribution in [3.63, 3.8) is 0 Å². The van der Waals surface area contributed by atoms with Crippen LogP contribution in [0.5, 0.6) is 5.75 Å². The predicted octanol–water partition coefficient (Wildman–Crippen LogP) is 3.08. The highest BCUT2D eigenvalue weighted by Crippen LogP contribution is 2.28. The SMILES string of the molecule is CC(C)CC(C(=O)O)N1CC(Oc2cccc(Cl)c2F)=CC1=O. The van der Waals surface area contributed by atoms with Gasteiger partial charge in [0.25, 0.3) is 5.91 Å². The summed E-state index contributed by atoms with van der Waals surface area (Å²) in [4.78, 5) is 24.6. The number of carboxylic acids is 1. The van der Waals surface area contributed by atoms with Gasteiger partial charge in [-0.15, -0.1) is 0 Å². The Kier molecular flexibility index (Phi) is 5.26. The molecule has 0 aliphatic carbocycles. The minimum Gasteiger partial charge on any atom is -0.480 e. The van der Waals surface area contributed by atoms with Gasteiger partial charge in [0.1, 0.15) is 11.8 Å². The molecule has 1 N–H and O–H groups in total. The van der Waals surface area contributed by atoms with Gasteiger partial charge in [-0.3, -0.25) is 4.79 Å². The molecule has 1 aromatic carbocycles. The predicted molar refractivity (Wildman–Crippen MR) is 82.7 cm³/mol. The molecule has 1 unspecified atom stereocenters. The number of amides is 1. The minimum absolute atomic E-state index is 0.0194. The second kappa shape index (κ2) is 7.00. The van der Waals surface area contributed by atoms with Crippen molar-refractivity contribution in [2.45, 2.75) is 26.3 Å². The average molecular weight is 342 g/mol. The van der Waals surface area contributed by atoms with Crippen molar-refractivity contribution in [3.8, 4) is 5.75 Å². The number of carbonyl (C=O) groups excluding carboxylic acids is 1. The first-order valence-corrected chi connectivity index (χ1v) is 7.53. The minimum atomic E-state index is -1.07. The Balaban J connectivity index is 2.13. The molecular formula is C16H17ClFNO4. The lowest BCUT2D eigenvalue weighted by Crippen LogP contribution is -2.43. The van der Waals surface area contributed by atoms with Crippen LogP contribution in [0.4, 0.5) is 4.39 Å². The zero-order chi connectivity index (χ0) is 17.1. The number of halogens is 2. The Morgan fingerprint density at radius 1 is 1.48 bits per heavy atom. The quantitative estimate of drug-likeness (QED) is 0.863. The van der Waals surface area contributed by atoms with Crippen LogP contribution in [0.1, 0.15) is 20.3 Å². The van der Waals surface area contributed by atoms with E-state index in [0.717, 1.165) is 0 Å². The summed E-state index contributed by atoms with van der Waals surface area (Å²) in [5.74, 6) is -2.07. The molecule has 0 fully saturated rings. The molecule has 7 heteroatoms. The van der Waals surface area contributed by atoms with Crippen LogP contribution in [-0.2, 0) is 9.59 Å². The van der Waals surface area contributed by atoms with Crippen molar-refractivity contribution < 1.29 is 23.8 Å². The van der Waals surface area contributed by atoms with E-state index in [0.29, 0.717) is 6.42 Å². The molecular weight excluding hydrogens is 325 g/mol. The summed E-state index contributed by atoms with van der Waals surface area (Å²) >= 11 is 5.68. The molecule has 0 bridgehead atoms. The van der Waals surface area contributed by atoms with Gasteiger partial charge in [-0.25, -0.2) is 9.18 Å². The van der Waals surface area contributed by atoms with Crippen LogP contribution < -0.4 is 4.74 Å². The number of carboxylic acid groups (broad SMARTS) is 1. The largest absolute Gasteiger partial charge is 0.480 e. The number of benzene rings is 1. The lowest BCUT2D eigenvalue weighted by molar-refractivity contribution is -0.148. The van der Waals surface area contributed by atoms with Gasteiger partial charge in [-0.05, 0) is 24.5 Å². The number of rotatable bonds is 6. The molecule has 0 spiro atoms. The van der Waals surface area contributed by atoms with Crippen LogP contribution in [0.2, 0.25) is 5.02 Å². The number of hydrogen-bond acceptors (Lipinski definition) is 3. The Morgan fingerprint density at radius 2 is 2.17 bits per heavy atom. The zero-order valence-corrected chi connectivity index (χ0v) is 13.5. The third-order valence-electron chi connectivity index (χ3n) is 3.41. The Hall–Kier alpha value is -2.08. The monoisotopic (exact) mass is 341 g/mol. The number of aliphatic carboxylic acids is 1. The van der Waals surface area contributed by atoms with E-state index in [2.05, 4.69) is 0 Å². The van der Waals surface area contributed by atoms with Crippen LogP contribution in [-0.4, -0.2) is 34.5 Å². The fourth-order valence-electron chi connectivity index (χ4n) is 2.35. The summed E-state index contributed by atoms with van der Waals surface area (Å²) in [6.45, 7) is 3.74. The molecule has 0 aromatic heterocycles. The maximum Gasteiger partial charge on any atom is 0.326 e. The highest BCUT2D eigenvalue weighted by Gasteiger charge is 2.34. The molecule has 2 rings (SSSR count). The molecule has 0 radical (unpaired) electrons. The van der Waals surface area contributed by atoms with Gasteiger partial charge in [0.15, 0.2) is 11.6 Å². The molecule has 1 atom stereocenters. The van der Waals surface area contributed by atoms with Gasteiger partial charge < -0.3 is 14.7 Å². The summed E-state index contributed by atoms with van der Waals surface area (Å²) in [6, 6.07) is 3.35. The number of hydrogen-bond donors (Lipinski definition) is 1. The summed E-state index contributed by atoms with van der Waals surface area (Å²) in [7, 11) is 0. The van der Waals surface area contributed by atoms with E-state index in [1.165, 1.54) is 29.2 Å². The van der Waals surface area contributed by atoms with Crippen molar-refractivity contribution in [1.82, 2.24) is 4.90 Å². The second-order valence-electron chi connectivity index (χ2n) is 5.71. The fraction of sp³-hybridized carbons (Fsp3) is 0.375. The first-order valence-electron chi connectivity index (χ1n) is 7.15. The van der Waals surface area contributed by atoms with Crippen molar-refractivity contribution >= 4 is 23.5 Å². The Labute approximate surface area is 138 Å². The summed E-state index contributed by atoms with van der Waals surface area (Å²) in [6.07, 6.45) is 1.50. The highest BCUT2D eigenvalue weighted by molar-refractivity contribution is 6.30. The third kappa shape index (κ3) is 4.01. The van der Waals surface area contributed by atoms with Gasteiger partial charge in [-0.2, -0.15) is 0 Å². The number of nitrogens with zero attached hydrogens (tertiary/aromatic N) is 1. The van der Waals surface area contributed by atoms with Gasteiger partial charge >= 0.3 is 5.97 Å². The van der Waals surface area contributed by atoms with Crippen molar-refractivity contribution in [2.75, 3.05) is 6.54 Å². The lowest BCUT2D eigenvalue weighted by atomic mass is 10.0. The molecule has 0 saturated carbocycles. The van der Waals surface area contributed by atoms with Gasteiger partial charge in [0.05, 0.1) is 11.6 Å². The topological polar surface area (TPSA) is 66.8 Å². The summed E-state index contributed by atoms with van der Waals surface area (Å²) < 4.78 is 19.2. The van der Waals surface area contributed by atoms with Crippen LogP contribution >= 0.6 is 11.6 Å². The van der Waals surface area contributed by atoms with E-state index in [1.807, 2.05) is 13.8 Å². The van der Waals surface area contributed by atoms with Crippen LogP contribution in [0.3, 0.4) is 0 Å². The maximum atomic E-state index is 13.8. The van der Waals surface area contributed by atoms with Crippen molar-refractivity contribution in [3.05, 3.63) is 40.9 Å². The molecule has 124 valence electrons. The molecule has 1 amide bonds.